The second-order valence-electron chi connectivity index (χ2n) is 4.82. The van der Waals surface area contributed by atoms with Gasteiger partial charge in [-0.15, -0.1) is 0 Å². The summed E-state index contributed by atoms with van der Waals surface area (Å²) >= 11 is 3.37. The standard InChI is InChI=1S/C16H12BrN3O2/c1-10-8-11(17)5-6-13(10)19-15(21)12-9-18-14-4-2-3-7-20(14)16(12)22/h2-9H,1H3,(H,19,21). The van der Waals surface area contributed by atoms with Gasteiger partial charge in [0.1, 0.15) is 11.2 Å². The molecule has 1 amide bonds. The number of carbonyl (C=O) groups excluding carboxylic acids is 1. The average Bonchev–Trinajstić information content (AvgIpc) is 2.50. The molecular weight excluding hydrogens is 346 g/mol. The smallest absolute Gasteiger partial charge is 0.270 e. The van der Waals surface area contributed by atoms with E-state index < -0.39 is 11.5 Å². The number of amides is 1. The SMILES string of the molecule is Cc1cc(Br)ccc1NC(=O)c1cnc2ccccn2c1=O. The molecule has 0 bridgehead atoms. The lowest BCUT2D eigenvalue weighted by molar-refractivity contribution is 0.102. The number of rotatable bonds is 2. The molecular formula is C16H12BrN3O2. The van der Waals surface area contributed by atoms with E-state index in [0.29, 0.717) is 11.3 Å². The van der Waals surface area contributed by atoms with Crippen LogP contribution >= 0.6 is 15.9 Å². The summed E-state index contributed by atoms with van der Waals surface area (Å²) in [6, 6.07) is 10.7. The second kappa shape index (κ2) is 5.73. The van der Waals surface area contributed by atoms with E-state index in [9.17, 15) is 9.59 Å². The van der Waals surface area contributed by atoms with Gasteiger partial charge in [0.25, 0.3) is 11.5 Å². The maximum atomic E-state index is 12.4. The summed E-state index contributed by atoms with van der Waals surface area (Å²) in [5.74, 6) is -0.471. The number of nitrogens with one attached hydrogen (secondary N) is 1. The fourth-order valence-electron chi connectivity index (χ4n) is 2.14. The first-order chi connectivity index (χ1) is 10.6. The van der Waals surface area contributed by atoms with Crippen molar-refractivity contribution in [2.45, 2.75) is 6.92 Å². The summed E-state index contributed by atoms with van der Waals surface area (Å²) < 4.78 is 2.28. The molecule has 3 aromatic rings. The number of aromatic nitrogens is 2. The van der Waals surface area contributed by atoms with Crippen LogP contribution in [0.1, 0.15) is 15.9 Å². The molecule has 0 saturated carbocycles. The summed E-state index contributed by atoms with van der Waals surface area (Å²) in [5, 5.41) is 2.75. The van der Waals surface area contributed by atoms with E-state index >= 15 is 0 Å². The van der Waals surface area contributed by atoms with Gasteiger partial charge in [0, 0.05) is 22.6 Å². The van der Waals surface area contributed by atoms with Gasteiger partial charge < -0.3 is 5.32 Å². The van der Waals surface area contributed by atoms with Crippen LogP contribution in [0, 0.1) is 6.92 Å². The molecule has 0 aliphatic heterocycles. The van der Waals surface area contributed by atoms with Crippen molar-refractivity contribution in [3.8, 4) is 0 Å². The highest BCUT2D eigenvalue weighted by Gasteiger charge is 2.14. The lowest BCUT2D eigenvalue weighted by Gasteiger charge is -2.09. The summed E-state index contributed by atoms with van der Waals surface area (Å²) in [5.41, 5.74) is 1.68. The van der Waals surface area contributed by atoms with Gasteiger partial charge in [-0.1, -0.05) is 22.0 Å². The zero-order valence-corrected chi connectivity index (χ0v) is 13.3. The molecule has 0 atom stereocenters. The molecule has 2 heterocycles. The van der Waals surface area contributed by atoms with E-state index in [1.54, 1.807) is 30.5 Å². The van der Waals surface area contributed by atoms with Gasteiger partial charge in [0.2, 0.25) is 0 Å². The van der Waals surface area contributed by atoms with Crippen LogP contribution in [0.15, 0.2) is 58.1 Å². The van der Waals surface area contributed by atoms with Gasteiger partial charge in [-0.3, -0.25) is 14.0 Å². The quantitative estimate of drug-likeness (QED) is 0.766. The Morgan fingerprint density at radius 2 is 2.09 bits per heavy atom. The monoisotopic (exact) mass is 357 g/mol. The summed E-state index contributed by atoms with van der Waals surface area (Å²) in [7, 11) is 0. The molecule has 6 heteroatoms. The van der Waals surface area contributed by atoms with Crippen molar-refractivity contribution in [3.63, 3.8) is 0 Å². The van der Waals surface area contributed by atoms with Crippen LogP contribution in [0.4, 0.5) is 5.69 Å². The van der Waals surface area contributed by atoms with Crippen LogP contribution < -0.4 is 10.9 Å². The molecule has 0 unspecified atom stereocenters. The molecule has 0 aliphatic rings. The average molecular weight is 358 g/mol. The Balaban J connectivity index is 1.99. The van der Waals surface area contributed by atoms with Gasteiger partial charge >= 0.3 is 0 Å². The number of pyridine rings is 1. The molecule has 22 heavy (non-hydrogen) atoms. The topological polar surface area (TPSA) is 63.5 Å². The van der Waals surface area contributed by atoms with Crippen molar-refractivity contribution in [2.24, 2.45) is 0 Å². The predicted molar refractivity (Wildman–Crippen MR) is 88.3 cm³/mol. The number of halogens is 1. The van der Waals surface area contributed by atoms with Crippen molar-refractivity contribution >= 4 is 33.2 Å². The van der Waals surface area contributed by atoms with Crippen LogP contribution in [0.2, 0.25) is 0 Å². The van der Waals surface area contributed by atoms with Crippen molar-refractivity contribution < 1.29 is 4.79 Å². The third kappa shape index (κ3) is 2.65. The minimum absolute atomic E-state index is 0.00557. The molecule has 0 saturated heterocycles. The largest absolute Gasteiger partial charge is 0.322 e. The van der Waals surface area contributed by atoms with Crippen molar-refractivity contribution in [1.29, 1.82) is 0 Å². The minimum Gasteiger partial charge on any atom is -0.322 e. The Morgan fingerprint density at radius 1 is 1.27 bits per heavy atom. The van der Waals surface area contributed by atoms with E-state index in [2.05, 4.69) is 26.2 Å². The van der Waals surface area contributed by atoms with E-state index in [1.807, 2.05) is 19.1 Å². The highest BCUT2D eigenvalue weighted by molar-refractivity contribution is 9.10. The van der Waals surface area contributed by atoms with Crippen molar-refractivity contribution in [1.82, 2.24) is 9.38 Å². The van der Waals surface area contributed by atoms with Gasteiger partial charge in [0.15, 0.2) is 0 Å². The van der Waals surface area contributed by atoms with E-state index in [-0.39, 0.29) is 5.56 Å². The second-order valence-corrected chi connectivity index (χ2v) is 5.73. The maximum Gasteiger partial charge on any atom is 0.270 e. The molecule has 0 fully saturated rings. The van der Waals surface area contributed by atoms with E-state index in [4.69, 9.17) is 0 Å². The number of hydrogen-bond donors (Lipinski definition) is 1. The lowest BCUT2D eigenvalue weighted by Crippen LogP contribution is -2.26. The highest BCUT2D eigenvalue weighted by atomic mass is 79.9. The van der Waals surface area contributed by atoms with Crippen LogP contribution in [0.25, 0.3) is 5.65 Å². The van der Waals surface area contributed by atoms with Gasteiger partial charge in [-0.2, -0.15) is 0 Å². The fourth-order valence-corrected chi connectivity index (χ4v) is 2.61. The van der Waals surface area contributed by atoms with Crippen LogP contribution in [-0.2, 0) is 0 Å². The molecule has 110 valence electrons. The Labute approximate surface area is 134 Å². The highest BCUT2D eigenvalue weighted by Crippen LogP contribution is 2.20. The lowest BCUT2D eigenvalue weighted by atomic mass is 10.2. The Morgan fingerprint density at radius 3 is 2.86 bits per heavy atom. The van der Waals surface area contributed by atoms with Crippen LogP contribution in [-0.4, -0.2) is 15.3 Å². The Hall–Kier alpha value is -2.47. The van der Waals surface area contributed by atoms with Gasteiger partial charge in [-0.05, 0) is 42.8 Å². The normalized spacial score (nSPS) is 10.6. The molecule has 5 nitrogen and oxygen atoms in total. The Kier molecular flexibility index (Phi) is 3.77. The van der Waals surface area contributed by atoms with Crippen molar-refractivity contribution in [2.75, 3.05) is 5.32 Å². The molecule has 1 N–H and O–H groups in total. The van der Waals surface area contributed by atoms with Crippen LogP contribution in [0.5, 0.6) is 0 Å². The molecule has 0 radical (unpaired) electrons. The number of fused-ring (bicyclic) bond motifs is 1. The van der Waals surface area contributed by atoms with E-state index in [1.165, 1.54) is 10.6 Å². The molecule has 0 spiro atoms. The van der Waals surface area contributed by atoms with Gasteiger partial charge in [0.05, 0.1) is 0 Å². The van der Waals surface area contributed by atoms with Crippen LogP contribution in [0.3, 0.4) is 0 Å². The maximum absolute atomic E-state index is 12.4. The fraction of sp³-hybridized carbons (Fsp3) is 0.0625. The molecule has 0 aliphatic carbocycles. The third-order valence-electron chi connectivity index (χ3n) is 3.29. The van der Waals surface area contributed by atoms with Crippen molar-refractivity contribution in [3.05, 3.63) is 74.7 Å². The number of hydrogen-bond acceptors (Lipinski definition) is 3. The molecule has 3 rings (SSSR count). The zero-order chi connectivity index (χ0) is 15.7. The summed E-state index contributed by atoms with van der Waals surface area (Å²) in [4.78, 5) is 28.8. The minimum atomic E-state index is -0.471. The zero-order valence-electron chi connectivity index (χ0n) is 11.7. The third-order valence-corrected chi connectivity index (χ3v) is 3.79. The first-order valence-electron chi connectivity index (χ1n) is 6.60. The number of anilines is 1. The Bertz CT molecular complexity index is 934. The first-order valence-corrected chi connectivity index (χ1v) is 7.39. The number of aryl methyl sites for hydroxylation is 1. The number of nitrogens with zero attached hydrogens (tertiary/aromatic N) is 2. The molecule has 1 aromatic carbocycles. The predicted octanol–water partition coefficient (Wildman–Crippen LogP) is 3.02. The molecule has 2 aromatic heterocycles. The summed E-state index contributed by atoms with van der Waals surface area (Å²) in [6.07, 6.45) is 2.90. The van der Waals surface area contributed by atoms with Gasteiger partial charge in [-0.25, -0.2) is 4.98 Å². The first kappa shape index (κ1) is 14.5. The van der Waals surface area contributed by atoms with E-state index in [0.717, 1.165) is 10.0 Å². The number of carbonyl (C=O) groups is 1. The number of benzene rings is 1. The summed E-state index contributed by atoms with van der Waals surface area (Å²) in [6.45, 7) is 1.88.